The molecule has 18 heteroatoms. The molecule has 0 saturated carbocycles. The van der Waals surface area contributed by atoms with E-state index in [0.29, 0.717) is 19.3 Å². The van der Waals surface area contributed by atoms with Gasteiger partial charge in [-0.1, -0.05) is 301 Å². The first-order chi connectivity index (χ1) is 50.2. The Morgan fingerprint density at radius 2 is 0.515 bits per heavy atom. The van der Waals surface area contributed by atoms with Crippen LogP contribution in [0.15, 0.2) is 146 Å². The van der Waals surface area contributed by atoms with Crippen LogP contribution in [0.5, 0.6) is 0 Å². The normalized spacial score (nSPS) is 14.7. The summed E-state index contributed by atoms with van der Waals surface area (Å²) in [4.78, 5) is 58.6. The first-order valence-electron chi connectivity index (χ1n) is 40.1. The lowest BCUT2D eigenvalue weighted by Gasteiger charge is -2.21. The number of carbonyl (C=O) groups is 3. The molecule has 590 valence electrons. The van der Waals surface area contributed by atoms with Gasteiger partial charge in [-0.2, -0.15) is 0 Å². The van der Waals surface area contributed by atoms with E-state index in [0.717, 1.165) is 180 Å². The van der Waals surface area contributed by atoms with Crippen LogP contribution in [0.2, 0.25) is 0 Å². The highest BCUT2D eigenvalue weighted by molar-refractivity contribution is 7.47. The van der Waals surface area contributed by atoms with E-state index in [1.165, 1.54) is 77.0 Å². The largest absolute Gasteiger partial charge is 0.472 e. The van der Waals surface area contributed by atoms with Gasteiger partial charge in [-0.25, -0.2) is 9.13 Å². The van der Waals surface area contributed by atoms with Crippen molar-refractivity contribution < 1.29 is 75.8 Å². The first-order valence-corrected chi connectivity index (χ1v) is 43.1. The average Bonchev–Trinajstić information content (AvgIpc) is 0.914. The summed E-state index contributed by atoms with van der Waals surface area (Å²) in [7, 11) is -9.80. The number of phosphoric ester groups is 2. The first kappa shape index (κ1) is 98.4. The van der Waals surface area contributed by atoms with Crippen molar-refractivity contribution in [2.24, 2.45) is 0 Å². The molecule has 103 heavy (non-hydrogen) atoms. The monoisotopic (exact) mass is 1480 g/mol. The van der Waals surface area contributed by atoms with Crippen molar-refractivity contribution >= 4 is 33.6 Å². The van der Waals surface area contributed by atoms with Gasteiger partial charge < -0.3 is 34.2 Å². The molecule has 5 unspecified atom stereocenters. The molecule has 16 nitrogen and oxygen atoms in total. The van der Waals surface area contributed by atoms with Crippen LogP contribution in [0, 0.1) is 0 Å². The second-order valence-corrected chi connectivity index (χ2v) is 29.4. The molecule has 0 radical (unpaired) electrons. The SMILES string of the molecule is CC/C=C\C/C=C\C/C=C\C/C=C\C/C=C\C/C=C\CCCCCCCCCCCCCCC(=O)OCC(O)COP(=O)(O)OCC(O)COP(=O)(O)OCC(COC(=O)CCCCCCCCC/C=C\C/C=C\C/C=C\C/C=C\C/C=C\CC)OC(=O)CCCCCCC/C=C\CCCCCC. The highest BCUT2D eigenvalue weighted by Gasteiger charge is 2.29. The lowest BCUT2D eigenvalue weighted by molar-refractivity contribution is -0.161. The topological polar surface area (TPSA) is 231 Å². The Kier molecular flexibility index (Phi) is 73.6. The molecule has 0 saturated heterocycles. The zero-order chi connectivity index (χ0) is 75.2. The molecule has 0 aliphatic carbocycles. The molecule has 0 aromatic rings. The molecular formula is C85H144O16P2. The molecule has 0 fully saturated rings. The van der Waals surface area contributed by atoms with Crippen molar-refractivity contribution in [2.45, 2.75) is 334 Å². The summed E-state index contributed by atoms with van der Waals surface area (Å²) in [6, 6.07) is 0. The van der Waals surface area contributed by atoms with Crippen LogP contribution in [0.3, 0.4) is 0 Å². The van der Waals surface area contributed by atoms with Crippen LogP contribution in [0.4, 0.5) is 0 Å². The number of hydrogen-bond acceptors (Lipinski definition) is 14. The van der Waals surface area contributed by atoms with Crippen molar-refractivity contribution in [3.05, 3.63) is 146 Å². The number of ether oxygens (including phenoxy) is 3. The molecule has 4 N–H and O–H groups in total. The predicted octanol–water partition coefficient (Wildman–Crippen LogP) is 23.7. The quantitative estimate of drug-likeness (QED) is 0.0146. The van der Waals surface area contributed by atoms with E-state index in [1.807, 2.05) is 0 Å². The summed E-state index contributed by atoms with van der Waals surface area (Å²) >= 11 is 0. The van der Waals surface area contributed by atoms with Crippen LogP contribution in [0.25, 0.3) is 0 Å². The van der Waals surface area contributed by atoms with E-state index < -0.39 is 91.5 Å². The van der Waals surface area contributed by atoms with Crippen molar-refractivity contribution in [1.29, 1.82) is 0 Å². The van der Waals surface area contributed by atoms with Crippen molar-refractivity contribution in [3.8, 4) is 0 Å². The Labute approximate surface area is 626 Å². The second kappa shape index (κ2) is 77.1. The minimum Gasteiger partial charge on any atom is -0.463 e. The zero-order valence-corrected chi connectivity index (χ0v) is 66.2. The van der Waals surface area contributed by atoms with Gasteiger partial charge in [0.1, 0.15) is 25.4 Å². The Hall–Kier alpha value is -4.57. The summed E-state index contributed by atoms with van der Waals surface area (Å²) in [5.74, 6) is -1.60. The van der Waals surface area contributed by atoms with E-state index in [2.05, 4.69) is 167 Å². The van der Waals surface area contributed by atoms with Gasteiger partial charge in [-0.15, -0.1) is 0 Å². The molecule has 5 atom stereocenters. The molecule has 0 rings (SSSR count). The third-order valence-electron chi connectivity index (χ3n) is 16.5. The average molecular weight is 1480 g/mol. The summed E-state index contributed by atoms with van der Waals surface area (Å²) in [6.45, 7) is 2.42. The molecule has 0 aliphatic heterocycles. The van der Waals surface area contributed by atoms with Gasteiger partial charge in [0.2, 0.25) is 0 Å². The fraction of sp³-hybridized carbons (Fsp3) is 0.682. The highest BCUT2D eigenvalue weighted by Crippen LogP contribution is 2.45. The van der Waals surface area contributed by atoms with Gasteiger partial charge in [-0.05, 0) is 141 Å². The maximum atomic E-state index is 12.9. The number of aliphatic hydroxyl groups excluding tert-OH is 2. The minimum atomic E-state index is -4.94. The third kappa shape index (κ3) is 78.3. The van der Waals surface area contributed by atoms with Gasteiger partial charge in [-0.3, -0.25) is 32.5 Å². The second-order valence-electron chi connectivity index (χ2n) is 26.5. The molecule has 0 aromatic carbocycles. The van der Waals surface area contributed by atoms with Gasteiger partial charge in [0.05, 0.1) is 26.4 Å². The molecule has 0 aliphatic rings. The maximum Gasteiger partial charge on any atom is 0.472 e. The number of phosphoric acid groups is 2. The number of esters is 3. The third-order valence-corrected chi connectivity index (χ3v) is 18.4. The van der Waals surface area contributed by atoms with E-state index >= 15 is 0 Å². The Balaban J connectivity index is 4.49. The zero-order valence-electron chi connectivity index (χ0n) is 64.4. The smallest absolute Gasteiger partial charge is 0.463 e. The molecule has 0 spiro atoms. The van der Waals surface area contributed by atoms with E-state index in [4.69, 9.17) is 32.3 Å². The maximum absolute atomic E-state index is 12.9. The molecule has 0 amide bonds. The lowest BCUT2D eigenvalue weighted by atomic mass is 10.0. The van der Waals surface area contributed by atoms with E-state index in [-0.39, 0.29) is 19.3 Å². The van der Waals surface area contributed by atoms with Crippen molar-refractivity contribution in [2.75, 3.05) is 39.6 Å². The van der Waals surface area contributed by atoms with Crippen LogP contribution in [-0.2, 0) is 55.8 Å². The fourth-order valence-corrected chi connectivity index (χ4v) is 12.1. The van der Waals surface area contributed by atoms with Crippen molar-refractivity contribution in [3.63, 3.8) is 0 Å². The molecular weight excluding hydrogens is 1340 g/mol. The standard InChI is InChI=1S/C85H144O16P2/c1-4-7-10-13-16-19-22-25-27-29-31-33-35-36-37-38-39-40-41-42-44-46-47-49-51-54-56-59-62-65-68-71-83(88)95-74-80(86)75-97-102(91,92)98-76-81(87)77-99-103(93,94)100-79-82(101-85(90)73-70-67-64-61-58-53-24-21-18-15-12-9-6-3)78-96-84(89)72-69-66-63-60-57-55-52-50-48-45-43-34-32-30-28-26-23-20-17-14-11-8-5-2/h7-8,10-11,16-17,19-21,24-28,31-34,36-37,39-40,45,48,80-82,86-87H,4-6,9,12-15,18,22-23,29-30,35,38,41-44,46-47,49-79H2,1-3H3,(H,91,92)(H,93,94)/b10-7-,11-8-,19-16-,20-17-,24-21-,27-25-,28-26-,33-31-,34-32-,37-36-,40-39-,48-45-. The van der Waals surface area contributed by atoms with Gasteiger partial charge in [0, 0.05) is 19.3 Å². The Bertz CT molecular complexity index is 2450. The number of allylic oxidation sites excluding steroid dienone is 24. The van der Waals surface area contributed by atoms with Crippen molar-refractivity contribution in [1.82, 2.24) is 0 Å². The van der Waals surface area contributed by atoms with Crippen LogP contribution >= 0.6 is 15.6 Å². The Morgan fingerprint density at radius 1 is 0.282 bits per heavy atom. The van der Waals surface area contributed by atoms with Crippen LogP contribution < -0.4 is 0 Å². The summed E-state index contributed by atoms with van der Waals surface area (Å²) in [5, 5.41) is 20.6. The summed E-state index contributed by atoms with van der Waals surface area (Å²) in [5.41, 5.74) is 0. The number of rotatable bonds is 75. The minimum absolute atomic E-state index is 0.0893. The van der Waals surface area contributed by atoms with Gasteiger partial charge in [0.15, 0.2) is 6.10 Å². The summed E-state index contributed by atoms with van der Waals surface area (Å²) in [6.07, 6.45) is 94.7. The number of carbonyl (C=O) groups excluding carboxylic acids is 3. The molecule has 0 aromatic heterocycles. The number of unbranched alkanes of at least 4 members (excludes halogenated alkanes) is 28. The van der Waals surface area contributed by atoms with E-state index in [1.54, 1.807) is 0 Å². The number of hydrogen-bond donors (Lipinski definition) is 4. The van der Waals surface area contributed by atoms with Gasteiger partial charge in [0.25, 0.3) is 0 Å². The Morgan fingerprint density at radius 3 is 0.825 bits per heavy atom. The van der Waals surface area contributed by atoms with Gasteiger partial charge >= 0.3 is 33.6 Å². The van der Waals surface area contributed by atoms with Crippen LogP contribution in [0.1, 0.15) is 316 Å². The highest BCUT2D eigenvalue weighted by atomic mass is 31.2. The van der Waals surface area contributed by atoms with E-state index in [9.17, 15) is 43.5 Å². The summed E-state index contributed by atoms with van der Waals surface area (Å²) < 4.78 is 61.1. The predicted molar refractivity (Wildman–Crippen MR) is 426 cm³/mol. The molecule has 0 bridgehead atoms. The van der Waals surface area contributed by atoms with Crippen LogP contribution in [-0.4, -0.2) is 95.9 Å². The fourth-order valence-electron chi connectivity index (χ4n) is 10.5. The lowest BCUT2D eigenvalue weighted by Crippen LogP contribution is -2.30. The number of aliphatic hydroxyl groups is 2. The molecule has 0 heterocycles.